The Morgan fingerprint density at radius 3 is 2.76 bits per heavy atom. The van der Waals surface area contributed by atoms with E-state index in [9.17, 15) is 0 Å². The van der Waals surface area contributed by atoms with Gasteiger partial charge in [-0.1, -0.05) is 18.2 Å². The Morgan fingerprint density at radius 2 is 2.12 bits per heavy atom. The van der Waals surface area contributed by atoms with Crippen molar-refractivity contribution in [2.45, 2.75) is 12.5 Å². The second-order valence-electron chi connectivity index (χ2n) is 4.00. The van der Waals surface area contributed by atoms with Gasteiger partial charge in [0.1, 0.15) is 5.75 Å². The molecule has 0 aliphatic rings. The first-order valence-electron chi connectivity index (χ1n) is 5.67. The van der Waals surface area contributed by atoms with E-state index in [1.165, 1.54) is 0 Å². The van der Waals surface area contributed by atoms with Crippen molar-refractivity contribution >= 4 is 0 Å². The molecular formula is C13H17N3O. The van der Waals surface area contributed by atoms with E-state index in [0.29, 0.717) is 6.61 Å². The second-order valence-corrected chi connectivity index (χ2v) is 4.00. The molecule has 0 amide bonds. The third-order valence-electron chi connectivity index (χ3n) is 2.59. The highest BCUT2D eigenvalue weighted by molar-refractivity contribution is 5.20. The molecule has 1 heterocycles. The van der Waals surface area contributed by atoms with Gasteiger partial charge in [-0.25, -0.2) is 0 Å². The SMILES string of the molecule is Cn1cc(C(N)CCOc2ccccc2)cn1. The van der Waals surface area contributed by atoms with Crippen LogP contribution in [0.15, 0.2) is 42.7 Å². The van der Waals surface area contributed by atoms with Crippen LogP contribution in [0.5, 0.6) is 5.75 Å². The van der Waals surface area contributed by atoms with Crippen LogP contribution in [0.25, 0.3) is 0 Å². The van der Waals surface area contributed by atoms with Gasteiger partial charge in [-0.3, -0.25) is 4.68 Å². The largest absolute Gasteiger partial charge is 0.494 e. The standard InChI is InChI=1S/C13H17N3O/c1-16-10-11(9-15-16)13(14)7-8-17-12-5-3-2-4-6-12/h2-6,9-10,13H,7-8,14H2,1H3. The minimum Gasteiger partial charge on any atom is -0.494 e. The molecule has 90 valence electrons. The molecule has 0 saturated heterocycles. The minimum absolute atomic E-state index is 0.0209. The number of hydrogen-bond acceptors (Lipinski definition) is 3. The number of ether oxygens (including phenoxy) is 1. The number of nitrogens with two attached hydrogens (primary N) is 1. The average Bonchev–Trinajstić information content (AvgIpc) is 2.77. The third-order valence-corrected chi connectivity index (χ3v) is 2.59. The molecule has 0 saturated carbocycles. The summed E-state index contributed by atoms with van der Waals surface area (Å²) in [6.07, 6.45) is 4.51. The highest BCUT2D eigenvalue weighted by Crippen LogP contribution is 2.14. The molecule has 1 unspecified atom stereocenters. The van der Waals surface area contributed by atoms with Gasteiger partial charge in [-0.05, 0) is 12.1 Å². The lowest BCUT2D eigenvalue weighted by Gasteiger charge is -2.10. The molecule has 0 fully saturated rings. The van der Waals surface area contributed by atoms with E-state index < -0.39 is 0 Å². The van der Waals surface area contributed by atoms with Gasteiger partial charge in [0.15, 0.2) is 0 Å². The summed E-state index contributed by atoms with van der Waals surface area (Å²) in [5.41, 5.74) is 7.08. The van der Waals surface area contributed by atoms with Crippen molar-refractivity contribution in [2.24, 2.45) is 12.8 Å². The summed E-state index contributed by atoms with van der Waals surface area (Å²) in [6.45, 7) is 0.611. The topological polar surface area (TPSA) is 53.1 Å². The molecule has 0 aliphatic heterocycles. The van der Waals surface area contributed by atoms with Crippen LogP contribution in [-0.4, -0.2) is 16.4 Å². The number of aryl methyl sites for hydroxylation is 1. The van der Waals surface area contributed by atoms with Crippen LogP contribution in [0.4, 0.5) is 0 Å². The average molecular weight is 231 g/mol. The number of aromatic nitrogens is 2. The predicted molar refractivity (Wildman–Crippen MR) is 66.7 cm³/mol. The highest BCUT2D eigenvalue weighted by atomic mass is 16.5. The lowest BCUT2D eigenvalue weighted by Crippen LogP contribution is -2.13. The fourth-order valence-electron chi connectivity index (χ4n) is 1.62. The van der Waals surface area contributed by atoms with Crippen LogP contribution in [0, 0.1) is 0 Å². The lowest BCUT2D eigenvalue weighted by atomic mass is 10.1. The van der Waals surface area contributed by atoms with Gasteiger partial charge in [-0.15, -0.1) is 0 Å². The Hall–Kier alpha value is -1.81. The van der Waals surface area contributed by atoms with Crippen molar-refractivity contribution in [3.8, 4) is 5.75 Å². The third kappa shape index (κ3) is 3.32. The van der Waals surface area contributed by atoms with Crippen LogP contribution in [0.3, 0.4) is 0 Å². The number of nitrogens with zero attached hydrogens (tertiary/aromatic N) is 2. The molecule has 0 aliphatic carbocycles. The van der Waals surface area contributed by atoms with Gasteiger partial charge in [0.2, 0.25) is 0 Å². The molecule has 1 aromatic carbocycles. The fraction of sp³-hybridized carbons (Fsp3) is 0.308. The van der Waals surface area contributed by atoms with Gasteiger partial charge in [0.25, 0.3) is 0 Å². The second kappa shape index (κ2) is 5.50. The van der Waals surface area contributed by atoms with E-state index in [2.05, 4.69) is 5.10 Å². The first kappa shape index (κ1) is 11.7. The molecular weight excluding hydrogens is 214 g/mol. The summed E-state index contributed by atoms with van der Waals surface area (Å²) in [5.74, 6) is 0.880. The van der Waals surface area contributed by atoms with Gasteiger partial charge < -0.3 is 10.5 Å². The van der Waals surface area contributed by atoms with Gasteiger partial charge in [0, 0.05) is 31.3 Å². The Kier molecular flexibility index (Phi) is 3.77. The van der Waals surface area contributed by atoms with Crippen molar-refractivity contribution in [3.63, 3.8) is 0 Å². The first-order chi connectivity index (χ1) is 8.25. The Balaban J connectivity index is 1.79. The highest BCUT2D eigenvalue weighted by Gasteiger charge is 2.07. The molecule has 1 aromatic heterocycles. The maximum atomic E-state index is 6.04. The Labute approximate surface area is 101 Å². The molecule has 0 spiro atoms. The summed E-state index contributed by atoms with van der Waals surface area (Å²) >= 11 is 0. The Bertz CT molecular complexity index is 453. The van der Waals surface area contributed by atoms with Crippen LogP contribution < -0.4 is 10.5 Å². The summed E-state index contributed by atoms with van der Waals surface area (Å²) in [4.78, 5) is 0. The zero-order chi connectivity index (χ0) is 12.1. The van der Waals surface area contributed by atoms with Crippen LogP contribution in [0.2, 0.25) is 0 Å². The maximum Gasteiger partial charge on any atom is 0.119 e. The minimum atomic E-state index is -0.0209. The van der Waals surface area contributed by atoms with E-state index >= 15 is 0 Å². The van der Waals surface area contributed by atoms with Gasteiger partial charge in [0.05, 0.1) is 12.8 Å². The normalized spacial score (nSPS) is 12.4. The predicted octanol–water partition coefficient (Wildman–Crippen LogP) is 1.89. The number of rotatable bonds is 5. The van der Waals surface area contributed by atoms with Crippen molar-refractivity contribution in [2.75, 3.05) is 6.61 Å². The molecule has 2 N–H and O–H groups in total. The quantitative estimate of drug-likeness (QED) is 0.855. The molecule has 2 rings (SSSR count). The summed E-state index contributed by atoms with van der Waals surface area (Å²) in [7, 11) is 1.89. The van der Waals surface area contributed by atoms with Crippen LogP contribution >= 0.6 is 0 Å². The molecule has 1 atom stereocenters. The zero-order valence-electron chi connectivity index (χ0n) is 9.91. The number of hydrogen-bond donors (Lipinski definition) is 1. The number of benzene rings is 1. The van der Waals surface area contributed by atoms with Crippen molar-refractivity contribution in [1.29, 1.82) is 0 Å². The molecule has 0 bridgehead atoms. The number of para-hydroxylation sites is 1. The van der Waals surface area contributed by atoms with Gasteiger partial charge in [-0.2, -0.15) is 5.10 Å². The summed E-state index contributed by atoms with van der Waals surface area (Å²) < 4.78 is 7.35. The summed E-state index contributed by atoms with van der Waals surface area (Å²) in [6, 6.07) is 9.74. The van der Waals surface area contributed by atoms with Crippen molar-refractivity contribution in [3.05, 3.63) is 48.3 Å². The van der Waals surface area contributed by atoms with E-state index in [4.69, 9.17) is 10.5 Å². The smallest absolute Gasteiger partial charge is 0.119 e. The van der Waals surface area contributed by atoms with Crippen molar-refractivity contribution in [1.82, 2.24) is 9.78 Å². The molecule has 2 aromatic rings. The summed E-state index contributed by atoms with van der Waals surface area (Å²) in [5, 5.41) is 4.10. The van der Waals surface area contributed by atoms with E-state index in [0.717, 1.165) is 17.7 Å². The van der Waals surface area contributed by atoms with E-state index in [-0.39, 0.29) is 6.04 Å². The zero-order valence-corrected chi connectivity index (χ0v) is 9.91. The van der Waals surface area contributed by atoms with E-state index in [1.807, 2.05) is 43.6 Å². The van der Waals surface area contributed by atoms with Gasteiger partial charge >= 0.3 is 0 Å². The molecule has 0 radical (unpaired) electrons. The van der Waals surface area contributed by atoms with E-state index in [1.54, 1.807) is 10.9 Å². The molecule has 17 heavy (non-hydrogen) atoms. The Morgan fingerprint density at radius 1 is 1.35 bits per heavy atom. The monoisotopic (exact) mass is 231 g/mol. The van der Waals surface area contributed by atoms with Crippen molar-refractivity contribution < 1.29 is 4.74 Å². The fourth-order valence-corrected chi connectivity index (χ4v) is 1.62. The maximum absolute atomic E-state index is 6.04. The van der Waals surface area contributed by atoms with Crippen LogP contribution in [0.1, 0.15) is 18.0 Å². The molecule has 4 nitrogen and oxygen atoms in total. The first-order valence-corrected chi connectivity index (χ1v) is 5.67. The lowest BCUT2D eigenvalue weighted by molar-refractivity contribution is 0.298. The molecule has 4 heteroatoms. The van der Waals surface area contributed by atoms with Crippen LogP contribution in [-0.2, 0) is 7.05 Å².